The molecule has 0 fully saturated rings. The van der Waals surface area contributed by atoms with Crippen molar-refractivity contribution < 1.29 is 4.74 Å². The van der Waals surface area contributed by atoms with Crippen LogP contribution in [0, 0.1) is 11.7 Å². The van der Waals surface area contributed by atoms with E-state index >= 15 is 0 Å². The number of hydrogen-bond acceptors (Lipinski definition) is 5. The number of methoxy groups -OCH3 is 1. The number of para-hydroxylation sites is 1. The van der Waals surface area contributed by atoms with Gasteiger partial charge in [0.05, 0.1) is 18.9 Å². The summed E-state index contributed by atoms with van der Waals surface area (Å²) in [6.07, 6.45) is 1.78. The van der Waals surface area contributed by atoms with Crippen molar-refractivity contribution >= 4 is 29.8 Å². The number of aryl methyl sites for hydroxylation is 1. The molecule has 5 nitrogen and oxygen atoms in total. The fourth-order valence-corrected chi connectivity index (χ4v) is 2.96. The van der Waals surface area contributed by atoms with Gasteiger partial charge in [0.2, 0.25) is 4.77 Å². The van der Waals surface area contributed by atoms with Crippen LogP contribution in [0.2, 0.25) is 0 Å². The van der Waals surface area contributed by atoms with Gasteiger partial charge in [-0.15, -0.1) is 11.3 Å². The molecule has 0 radical (unpaired) electrons. The Balaban J connectivity index is 2.04. The lowest BCUT2D eigenvalue weighted by Gasteiger charge is -2.06. The van der Waals surface area contributed by atoms with E-state index in [2.05, 4.69) is 28.3 Å². The largest absolute Gasteiger partial charge is 0.496 e. The highest BCUT2D eigenvalue weighted by molar-refractivity contribution is 7.71. The highest BCUT2D eigenvalue weighted by Gasteiger charge is 2.12. The molecule has 0 amide bonds. The second kappa shape index (κ2) is 6.25. The van der Waals surface area contributed by atoms with Crippen LogP contribution >= 0.6 is 23.6 Å². The SMILES string of the molecule is COc1ccccc1-c1n[nH]c(=S)n1N=Cc1ccc(C)s1. The molecule has 0 aliphatic carbocycles. The van der Waals surface area contributed by atoms with E-state index in [1.165, 1.54) is 4.88 Å². The predicted molar refractivity (Wildman–Crippen MR) is 91.4 cm³/mol. The molecular formula is C15H14N4OS2. The minimum absolute atomic E-state index is 0.436. The van der Waals surface area contributed by atoms with E-state index in [9.17, 15) is 0 Å². The Morgan fingerprint density at radius 3 is 2.86 bits per heavy atom. The predicted octanol–water partition coefficient (Wildman–Crippen LogP) is 3.87. The summed E-state index contributed by atoms with van der Waals surface area (Å²) in [5.74, 6) is 1.34. The number of ether oxygens (including phenoxy) is 1. The summed E-state index contributed by atoms with van der Waals surface area (Å²) >= 11 is 6.94. The zero-order valence-electron chi connectivity index (χ0n) is 12.1. The average Bonchev–Trinajstić information content (AvgIpc) is 3.11. The van der Waals surface area contributed by atoms with Crippen LogP contribution < -0.4 is 4.74 Å². The van der Waals surface area contributed by atoms with Gasteiger partial charge < -0.3 is 4.74 Å². The van der Waals surface area contributed by atoms with Crippen molar-refractivity contribution in [1.29, 1.82) is 0 Å². The van der Waals surface area contributed by atoms with Gasteiger partial charge in [-0.2, -0.15) is 14.9 Å². The third-order valence-electron chi connectivity index (χ3n) is 3.06. The quantitative estimate of drug-likeness (QED) is 0.583. The molecule has 0 saturated heterocycles. The lowest BCUT2D eigenvalue weighted by Crippen LogP contribution is -1.96. The molecule has 0 aliphatic rings. The molecule has 2 aromatic heterocycles. The van der Waals surface area contributed by atoms with Crippen LogP contribution in [0.4, 0.5) is 0 Å². The van der Waals surface area contributed by atoms with Crippen molar-refractivity contribution in [2.75, 3.05) is 7.11 Å². The van der Waals surface area contributed by atoms with Gasteiger partial charge in [0, 0.05) is 9.75 Å². The van der Waals surface area contributed by atoms with Gasteiger partial charge in [0.25, 0.3) is 0 Å². The summed E-state index contributed by atoms with van der Waals surface area (Å²) in [5, 5.41) is 11.5. The standard InChI is InChI=1S/C15H14N4OS2/c1-10-7-8-11(22-10)9-16-19-14(17-18-15(19)21)12-5-3-4-6-13(12)20-2/h3-9H,1-2H3,(H,18,21). The number of aromatic nitrogens is 3. The summed E-state index contributed by atoms with van der Waals surface area (Å²) < 4.78 is 7.41. The van der Waals surface area contributed by atoms with Crippen LogP contribution in [0.25, 0.3) is 11.4 Å². The topological polar surface area (TPSA) is 55.2 Å². The van der Waals surface area contributed by atoms with Gasteiger partial charge in [0.1, 0.15) is 5.75 Å². The van der Waals surface area contributed by atoms with Gasteiger partial charge in [-0.1, -0.05) is 12.1 Å². The van der Waals surface area contributed by atoms with Crippen LogP contribution in [-0.4, -0.2) is 28.2 Å². The van der Waals surface area contributed by atoms with Gasteiger partial charge in [0.15, 0.2) is 5.82 Å². The van der Waals surface area contributed by atoms with Crippen molar-refractivity contribution in [3.05, 3.63) is 50.9 Å². The Hall–Kier alpha value is -2.25. The van der Waals surface area contributed by atoms with Crippen molar-refractivity contribution in [3.8, 4) is 17.1 Å². The molecule has 0 atom stereocenters. The third kappa shape index (κ3) is 2.86. The Morgan fingerprint density at radius 2 is 2.14 bits per heavy atom. The summed E-state index contributed by atoms with van der Waals surface area (Å²) in [6.45, 7) is 2.06. The molecule has 0 bridgehead atoms. The first-order valence-corrected chi connectivity index (χ1v) is 7.83. The first kappa shape index (κ1) is 14.7. The molecule has 0 spiro atoms. The molecule has 7 heteroatoms. The van der Waals surface area contributed by atoms with E-state index in [1.807, 2.05) is 30.3 Å². The number of nitrogens with one attached hydrogen (secondary N) is 1. The molecule has 0 aliphatic heterocycles. The van der Waals surface area contributed by atoms with E-state index in [0.29, 0.717) is 10.6 Å². The van der Waals surface area contributed by atoms with Crippen molar-refractivity contribution in [1.82, 2.24) is 14.9 Å². The van der Waals surface area contributed by atoms with Gasteiger partial charge in [-0.05, 0) is 43.4 Å². The van der Waals surface area contributed by atoms with E-state index in [-0.39, 0.29) is 0 Å². The molecule has 1 aromatic carbocycles. The van der Waals surface area contributed by atoms with E-state index in [4.69, 9.17) is 17.0 Å². The number of rotatable bonds is 4. The zero-order valence-corrected chi connectivity index (χ0v) is 13.7. The van der Waals surface area contributed by atoms with Gasteiger partial charge >= 0.3 is 0 Å². The third-order valence-corrected chi connectivity index (χ3v) is 4.26. The van der Waals surface area contributed by atoms with Gasteiger partial charge in [-0.25, -0.2) is 5.10 Å². The number of thiophene rings is 1. The van der Waals surface area contributed by atoms with Crippen LogP contribution in [-0.2, 0) is 0 Å². The number of H-pyrrole nitrogens is 1. The van der Waals surface area contributed by atoms with Crippen LogP contribution in [0.5, 0.6) is 5.75 Å². The molecule has 112 valence electrons. The highest BCUT2D eigenvalue weighted by Crippen LogP contribution is 2.28. The average molecular weight is 330 g/mol. The molecule has 1 N–H and O–H groups in total. The summed E-state index contributed by atoms with van der Waals surface area (Å²) in [4.78, 5) is 2.30. The van der Waals surface area contributed by atoms with E-state index < -0.39 is 0 Å². The monoisotopic (exact) mass is 330 g/mol. The molecule has 0 saturated carbocycles. The first-order chi connectivity index (χ1) is 10.7. The second-order valence-corrected chi connectivity index (χ2v) is 6.26. The fourth-order valence-electron chi connectivity index (χ4n) is 2.04. The normalized spacial score (nSPS) is 11.2. The Kier molecular flexibility index (Phi) is 4.17. The number of aromatic amines is 1. The Morgan fingerprint density at radius 1 is 1.32 bits per heavy atom. The van der Waals surface area contributed by atoms with Crippen LogP contribution in [0.1, 0.15) is 9.75 Å². The molecule has 0 unspecified atom stereocenters. The minimum Gasteiger partial charge on any atom is -0.496 e. The second-order valence-electron chi connectivity index (χ2n) is 4.56. The number of benzene rings is 1. The Labute approximate surface area is 136 Å². The van der Waals surface area contributed by atoms with Gasteiger partial charge in [-0.3, -0.25) is 0 Å². The number of nitrogens with zero attached hydrogens (tertiary/aromatic N) is 3. The molecular weight excluding hydrogens is 316 g/mol. The first-order valence-electron chi connectivity index (χ1n) is 6.60. The van der Waals surface area contributed by atoms with Crippen molar-refractivity contribution in [2.24, 2.45) is 5.10 Å². The molecule has 22 heavy (non-hydrogen) atoms. The van der Waals surface area contributed by atoms with Crippen LogP contribution in [0.3, 0.4) is 0 Å². The van der Waals surface area contributed by atoms with Crippen molar-refractivity contribution in [2.45, 2.75) is 6.92 Å². The maximum Gasteiger partial charge on any atom is 0.216 e. The van der Waals surface area contributed by atoms with E-state index in [0.717, 1.165) is 16.2 Å². The summed E-state index contributed by atoms with van der Waals surface area (Å²) in [6, 6.07) is 11.7. The maximum absolute atomic E-state index is 5.38. The van der Waals surface area contributed by atoms with Crippen LogP contribution in [0.15, 0.2) is 41.5 Å². The lowest BCUT2D eigenvalue weighted by molar-refractivity contribution is 0.416. The minimum atomic E-state index is 0.436. The summed E-state index contributed by atoms with van der Waals surface area (Å²) in [7, 11) is 1.63. The number of hydrogen-bond donors (Lipinski definition) is 1. The van der Waals surface area contributed by atoms with Crippen molar-refractivity contribution in [3.63, 3.8) is 0 Å². The summed E-state index contributed by atoms with van der Waals surface area (Å²) in [5.41, 5.74) is 0.830. The molecule has 2 heterocycles. The fraction of sp³-hybridized carbons (Fsp3) is 0.133. The highest BCUT2D eigenvalue weighted by atomic mass is 32.1. The lowest BCUT2D eigenvalue weighted by atomic mass is 10.2. The Bertz CT molecular complexity index is 876. The maximum atomic E-state index is 5.38. The van der Waals surface area contributed by atoms with E-state index in [1.54, 1.807) is 29.3 Å². The zero-order chi connectivity index (χ0) is 15.5. The molecule has 3 rings (SSSR count). The smallest absolute Gasteiger partial charge is 0.216 e. The molecule has 3 aromatic rings.